The number of halogens is 4. The largest absolute Gasteiger partial charge is 0.419 e. The van der Waals surface area contributed by atoms with E-state index in [2.05, 4.69) is 0 Å². The standard InChI is InChI=1S/C12H11F4NOS/c13-10-2-1-8(7-9(10)12(14,15)16)11(18)17-3-5-19-6-4-17/h1-2,7H,3-6H2. The highest BCUT2D eigenvalue weighted by Gasteiger charge is 2.35. The lowest BCUT2D eigenvalue weighted by Gasteiger charge is -2.26. The zero-order valence-corrected chi connectivity index (χ0v) is 10.7. The summed E-state index contributed by atoms with van der Waals surface area (Å²) >= 11 is 1.69. The first kappa shape index (κ1) is 14.2. The highest BCUT2D eigenvalue weighted by Crippen LogP contribution is 2.32. The number of carbonyl (C=O) groups is 1. The molecule has 1 aromatic rings. The molecule has 1 fully saturated rings. The second-order valence-corrected chi connectivity index (χ2v) is 5.32. The van der Waals surface area contributed by atoms with Crippen LogP contribution in [0, 0.1) is 5.82 Å². The maximum absolute atomic E-state index is 13.1. The lowest BCUT2D eigenvalue weighted by Crippen LogP contribution is -2.38. The van der Waals surface area contributed by atoms with Gasteiger partial charge in [-0.15, -0.1) is 0 Å². The molecular formula is C12H11F4NOS. The molecule has 2 rings (SSSR count). The van der Waals surface area contributed by atoms with E-state index in [1.807, 2.05) is 0 Å². The molecule has 1 heterocycles. The number of nitrogens with zero attached hydrogens (tertiary/aromatic N) is 1. The molecule has 0 aromatic heterocycles. The quantitative estimate of drug-likeness (QED) is 0.742. The van der Waals surface area contributed by atoms with Crippen molar-refractivity contribution < 1.29 is 22.4 Å². The van der Waals surface area contributed by atoms with Gasteiger partial charge >= 0.3 is 6.18 Å². The molecule has 1 aromatic carbocycles. The monoisotopic (exact) mass is 293 g/mol. The molecule has 0 unspecified atom stereocenters. The van der Waals surface area contributed by atoms with Gasteiger partial charge in [-0.05, 0) is 18.2 Å². The molecule has 1 amide bonds. The maximum Gasteiger partial charge on any atom is 0.419 e. The lowest BCUT2D eigenvalue weighted by molar-refractivity contribution is -0.140. The number of thioether (sulfide) groups is 1. The molecule has 0 atom stereocenters. The summed E-state index contributed by atoms with van der Waals surface area (Å²) in [6.45, 7) is 1.00. The second-order valence-electron chi connectivity index (χ2n) is 4.10. The molecule has 0 N–H and O–H groups in total. The fourth-order valence-corrected chi connectivity index (χ4v) is 2.73. The van der Waals surface area contributed by atoms with Crippen molar-refractivity contribution in [1.82, 2.24) is 4.90 Å². The number of rotatable bonds is 1. The molecule has 0 saturated carbocycles. The predicted octanol–water partition coefficient (Wildman–Crippen LogP) is 3.03. The smallest absolute Gasteiger partial charge is 0.337 e. The Morgan fingerprint density at radius 1 is 1.21 bits per heavy atom. The van der Waals surface area contributed by atoms with Crippen LogP contribution in [-0.2, 0) is 6.18 Å². The average molecular weight is 293 g/mol. The highest BCUT2D eigenvalue weighted by molar-refractivity contribution is 7.99. The Hall–Kier alpha value is -1.24. The second kappa shape index (κ2) is 5.40. The first-order chi connectivity index (χ1) is 8.89. The van der Waals surface area contributed by atoms with E-state index in [9.17, 15) is 22.4 Å². The van der Waals surface area contributed by atoms with Crippen molar-refractivity contribution >= 4 is 17.7 Å². The summed E-state index contributed by atoms with van der Waals surface area (Å²) in [6, 6.07) is 2.36. The number of carbonyl (C=O) groups excluding carboxylic acids is 1. The summed E-state index contributed by atoms with van der Waals surface area (Å²) in [5, 5.41) is 0. The number of hydrogen-bond acceptors (Lipinski definition) is 2. The van der Waals surface area contributed by atoms with Crippen molar-refractivity contribution in [3.05, 3.63) is 35.1 Å². The van der Waals surface area contributed by atoms with Crippen LogP contribution in [0.15, 0.2) is 18.2 Å². The zero-order chi connectivity index (χ0) is 14.0. The molecule has 104 valence electrons. The van der Waals surface area contributed by atoms with Gasteiger partial charge in [-0.2, -0.15) is 24.9 Å². The SMILES string of the molecule is O=C(c1ccc(F)c(C(F)(F)F)c1)N1CCSCC1. The fraction of sp³-hybridized carbons (Fsp3) is 0.417. The van der Waals surface area contributed by atoms with Gasteiger partial charge in [0.15, 0.2) is 0 Å². The summed E-state index contributed by atoms with van der Waals surface area (Å²) in [6.07, 6.45) is -4.79. The van der Waals surface area contributed by atoms with Gasteiger partial charge in [-0.25, -0.2) is 4.39 Å². The minimum atomic E-state index is -4.79. The molecule has 1 saturated heterocycles. The first-order valence-corrected chi connectivity index (χ1v) is 6.79. The minimum absolute atomic E-state index is 0.124. The average Bonchev–Trinajstić information content (AvgIpc) is 2.38. The van der Waals surface area contributed by atoms with Crippen LogP contribution < -0.4 is 0 Å². The van der Waals surface area contributed by atoms with Crippen LogP contribution in [0.1, 0.15) is 15.9 Å². The Morgan fingerprint density at radius 2 is 1.84 bits per heavy atom. The van der Waals surface area contributed by atoms with E-state index in [-0.39, 0.29) is 5.56 Å². The Morgan fingerprint density at radius 3 is 2.42 bits per heavy atom. The molecule has 7 heteroatoms. The van der Waals surface area contributed by atoms with E-state index in [4.69, 9.17) is 0 Å². The molecule has 0 bridgehead atoms. The van der Waals surface area contributed by atoms with E-state index < -0.39 is 23.5 Å². The van der Waals surface area contributed by atoms with E-state index >= 15 is 0 Å². The zero-order valence-electron chi connectivity index (χ0n) is 9.84. The van der Waals surface area contributed by atoms with Crippen LogP contribution in [0.25, 0.3) is 0 Å². The van der Waals surface area contributed by atoms with Gasteiger partial charge in [-0.1, -0.05) is 0 Å². The van der Waals surface area contributed by atoms with Gasteiger partial charge in [0.2, 0.25) is 0 Å². The summed E-state index contributed by atoms with van der Waals surface area (Å²) in [5.41, 5.74) is -1.52. The first-order valence-electron chi connectivity index (χ1n) is 5.63. The molecule has 0 radical (unpaired) electrons. The van der Waals surface area contributed by atoms with Gasteiger partial charge in [0.1, 0.15) is 5.82 Å². The topological polar surface area (TPSA) is 20.3 Å². The Labute approximate surface area is 111 Å². The van der Waals surface area contributed by atoms with E-state index in [0.29, 0.717) is 25.2 Å². The molecule has 1 aliphatic rings. The van der Waals surface area contributed by atoms with Crippen LogP contribution in [0.5, 0.6) is 0 Å². The van der Waals surface area contributed by atoms with Crippen molar-refractivity contribution in [3.63, 3.8) is 0 Å². The molecule has 1 aliphatic heterocycles. The highest BCUT2D eigenvalue weighted by atomic mass is 32.2. The third-order valence-electron chi connectivity index (χ3n) is 2.82. The third-order valence-corrected chi connectivity index (χ3v) is 3.76. The lowest BCUT2D eigenvalue weighted by atomic mass is 10.1. The van der Waals surface area contributed by atoms with Crippen molar-refractivity contribution in [1.29, 1.82) is 0 Å². The van der Waals surface area contributed by atoms with Gasteiger partial charge < -0.3 is 4.90 Å². The predicted molar refractivity (Wildman–Crippen MR) is 64.6 cm³/mol. The van der Waals surface area contributed by atoms with E-state index in [1.54, 1.807) is 11.8 Å². The van der Waals surface area contributed by atoms with Crippen molar-refractivity contribution in [2.45, 2.75) is 6.18 Å². The van der Waals surface area contributed by atoms with Crippen LogP contribution in [0.4, 0.5) is 17.6 Å². The van der Waals surface area contributed by atoms with E-state index in [0.717, 1.165) is 17.6 Å². The minimum Gasteiger partial charge on any atom is -0.337 e. The molecule has 2 nitrogen and oxygen atoms in total. The molecule has 19 heavy (non-hydrogen) atoms. The molecule has 0 aliphatic carbocycles. The summed E-state index contributed by atoms with van der Waals surface area (Å²) in [7, 11) is 0. The Bertz CT molecular complexity index is 483. The summed E-state index contributed by atoms with van der Waals surface area (Å²) < 4.78 is 50.8. The fourth-order valence-electron chi connectivity index (χ4n) is 1.82. The van der Waals surface area contributed by atoms with Crippen LogP contribution in [-0.4, -0.2) is 35.4 Å². The van der Waals surface area contributed by atoms with Gasteiger partial charge in [-0.3, -0.25) is 4.79 Å². The number of benzene rings is 1. The van der Waals surface area contributed by atoms with Gasteiger partial charge in [0.05, 0.1) is 5.56 Å². The van der Waals surface area contributed by atoms with Gasteiger partial charge in [0, 0.05) is 30.2 Å². The van der Waals surface area contributed by atoms with Crippen molar-refractivity contribution in [2.75, 3.05) is 24.6 Å². The van der Waals surface area contributed by atoms with Crippen molar-refractivity contribution in [2.24, 2.45) is 0 Å². The summed E-state index contributed by atoms with van der Waals surface area (Å²) in [4.78, 5) is 13.5. The van der Waals surface area contributed by atoms with Crippen LogP contribution >= 0.6 is 11.8 Å². The normalized spacial score (nSPS) is 16.5. The van der Waals surface area contributed by atoms with E-state index in [1.165, 1.54) is 4.90 Å². The number of alkyl halides is 3. The van der Waals surface area contributed by atoms with Crippen LogP contribution in [0.3, 0.4) is 0 Å². The Balaban J connectivity index is 2.27. The van der Waals surface area contributed by atoms with Gasteiger partial charge in [0.25, 0.3) is 5.91 Å². The molecule has 0 spiro atoms. The number of amides is 1. The Kier molecular flexibility index (Phi) is 4.03. The summed E-state index contributed by atoms with van der Waals surface area (Å²) in [5.74, 6) is -0.318. The third kappa shape index (κ3) is 3.20. The van der Waals surface area contributed by atoms with Crippen molar-refractivity contribution in [3.8, 4) is 0 Å². The number of hydrogen-bond donors (Lipinski definition) is 0. The van der Waals surface area contributed by atoms with Crippen LogP contribution in [0.2, 0.25) is 0 Å². The molecular weight excluding hydrogens is 282 g/mol. The maximum atomic E-state index is 13.1.